The number of rotatable bonds is 5. The maximum Gasteiger partial charge on any atom is 0.227 e. The van der Waals surface area contributed by atoms with E-state index in [0.29, 0.717) is 12.2 Å². The summed E-state index contributed by atoms with van der Waals surface area (Å²) in [6.45, 7) is 6.27. The molecule has 0 amide bonds. The van der Waals surface area contributed by atoms with Gasteiger partial charge in [0.2, 0.25) is 5.95 Å². The van der Waals surface area contributed by atoms with E-state index in [1.807, 2.05) is 10.7 Å². The average molecular weight is 387 g/mol. The van der Waals surface area contributed by atoms with Crippen molar-refractivity contribution >= 4 is 11.8 Å². The highest BCUT2D eigenvalue weighted by Gasteiger charge is 2.22. The summed E-state index contributed by atoms with van der Waals surface area (Å²) >= 11 is 0. The van der Waals surface area contributed by atoms with Crippen LogP contribution in [0.5, 0.6) is 0 Å². The van der Waals surface area contributed by atoms with Gasteiger partial charge in [0, 0.05) is 37.9 Å². The third-order valence-corrected chi connectivity index (χ3v) is 5.63. The first kappa shape index (κ1) is 19.1. The maximum atomic E-state index is 9.92. The third kappa shape index (κ3) is 3.98. The van der Waals surface area contributed by atoms with Crippen LogP contribution in [0.4, 0.5) is 11.8 Å². The van der Waals surface area contributed by atoms with Crippen molar-refractivity contribution in [2.75, 3.05) is 36.0 Å². The lowest BCUT2D eigenvalue weighted by molar-refractivity contribution is 0.0916. The van der Waals surface area contributed by atoms with Crippen LogP contribution in [-0.2, 0) is 19.5 Å². The van der Waals surface area contributed by atoms with Crippen LogP contribution >= 0.6 is 0 Å². The Labute approximate surface area is 165 Å². The summed E-state index contributed by atoms with van der Waals surface area (Å²) in [5.41, 5.74) is 2.64. The number of fused-ring (bicyclic) bond motifs is 1. The number of aromatic nitrogens is 4. The Morgan fingerprint density at radius 1 is 1.00 bits per heavy atom. The Morgan fingerprint density at radius 3 is 2.54 bits per heavy atom. The normalized spacial score (nSPS) is 18.7. The van der Waals surface area contributed by atoms with Gasteiger partial charge < -0.3 is 20.0 Å². The van der Waals surface area contributed by atoms with Crippen molar-refractivity contribution in [3.05, 3.63) is 29.2 Å². The van der Waals surface area contributed by atoms with Gasteiger partial charge >= 0.3 is 0 Å². The average Bonchev–Trinajstić information content (AvgIpc) is 3.04. The minimum Gasteiger partial charge on any atom is -0.393 e. The van der Waals surface area contributed by atoms with E-state index in [2.05, 4.69) is 27.9 Å². The number of hydrogen-bond donors (Lipinski definition) is 2. The molecule has 1 atom stereocenters. The van der Waals surface area contributed by atoms with Crippen LogP contribution in [0.2, 0.25) is 0 Å². The first-order valence-corrected chi connectivity index (χ1v) is 10.4. The van der Waals surface area contributed by atoms with E-state index in [9.17, 15) is 10.2 Å². The lowest BCUT2D eigenvalue weighted by atomic mass is 10.1. The molecule has 0 aromatic carbocycles. The minimum absolute atomic E-state index is 0.314. The molecule has 0 radical (unpaired) electrons. The highest BCUT2D eigenvalue weighted by Crippen LogP contribution is 2.25. The fourth-order valence-electron chi connectivity index (χ4n) is 3.98. The summed E-state index contributed by atoms with van der Waals surface area (Å²) in [5.74, 6) is 1.81. The van der Waals surface area contributed by atoms with Gasteiger partial charge in [-0.2, -0.15) is 10.1 Å². The van der Waals surface area contributed by atoms with Crippen LogP contribution in [0, 0.1) is 0 Å². The molecule has 0 unspecified atom stereocenters. The Bertz CT molecular complexity index is 802. The zero-order valence-corrected chi connectivity index (χ0v) is 16.6. The highest BCUT2D eigenvalue weighted by molar-refractivity contribution is 5.47. The maximum absolute atomic E-state index is 9.92. The second kappa shape index (κ2) is 8.45. The zero-order chi connectivity index (χ0) is 19.5. The Balaban J connectivity index is 1.61. The number of piperidine rings is 1. The largest absolute Gasteiger partial charge is 0.393 e. The standard InChI is InChI=1S/C20H30N6O2/c1-2-15-11-19(22-20(21-15)24-7-4-3-5-8-24)25-9-6-10-26-16(13-25)12-17(23-26)18(28)14-27/h11-12,18,27-28H,2-10,13-14H2,1H3/t18-/m1/s1. The molecule has 4 rings (SSSR count). The smallest absolute Gasteiger partial charge is 0.227 e. The third-order valence-electron chi connectivity index (χ3n) is 5.63. The van der Waals surface area contributed by atoms with Crippen molar-refractivity contribution in [3.8, 4) is 0 Å². The summed E-state index contributed by atoms with van der Waals surface area (Å²) in [5, 5.41) is 23.6. The summed E-state index contributed by atoms with van der Waals surface area (Å²) in [7, 11) is 0. The van der Waals surface area contributed by atoms with Crippen LogP contribution in [0.25, 0.3) is 0 Å². The molecular formula is C20H30N6O2. The number of aliphatic hydroxyl groups excluding tert-OH is 2. The number of hydrogen-bond acceptors (Lipinski definition) is 7. The molecule has 2 aliphatic rings. The number of nitrogens with zero attached hydrogens (tertiary/aromatic N) is 6. The molecule has 0 aliphatic carbocycles. The zero-order valence-electron chi connectivity index (χ0n) is 16.6. The van der Waals surface area contributed by atoms with Gasteiger partial charge in [0.15, 0.2) is 0 Å². The molecule has 4 heterocycles. The van der Waals surface area contributed by atoms with Gasteiger partial charge in [0.25, 0.3) is 0 Å². The van der Waals surface area contributed by atoms with Gasteiger partial charge in [0.1, 0.15) is 11.9 Å². The molecular weight excluding hydrogens is 356 g/mol. The van der Waals surface area contributed by atoms with E-state index in [0.717, 1.165) is 62.2 Å². The predicted molar refractivity (Wildman–Crippen MR) is 107 cm³/mol. The van der Waals surface area contributed by atoms with Gasteiger partial charge in [-0.3, -0.25) is 4.68 Å². The number of aliphatic hydroxyl groups is 2. The fourth-order valence-corrected chi connectivity index (χ4v) is 3.98. The van der Waals surface area contributed by atoms with Crippen LogP contribution < -0.4 is 9.80 Å². The Hall–Kier alpha value is -2.19. The first-order valence-electron chi connectivity index (χ1n) is 10.4. The molecule has 0 spiro atoms. The van der Waals surface area contributed by atoms with Gasteiger partial charge in [-0.1, -0.05) is 6.92 Å². The van der Waals surface area contributed by atoms with Crippen LogP contribution in [0.1, 0.15) is 55.8 Å². The molecule has 2 N–H and O–H groups in total. The predicted octanol–water partition coefficient (Wildman–Crippen LogP) is 1.66. The van der Waals surface area contributed by atoms with E-state index >= 15 is 0 Å². The molecule has 0 bridgehead atoms. The van der Waals surface area contributed by atoms with E-state index < -0.39 is 6.10 Å². The van der Waals surface area contributed by atoms with E-state index in [-0.39, 0.29) is 6.61 Å². The summed E-state index contributed by atoms with van der Waals surface area (Å²) < 4.78 is 1.95. The topological polar surface area (TPSA) is 90.5 Å². The molecule has 152 valence electrons. The Kier molecular flexibility index (Phi) is 5.77. The van der Waals surface area contributed by atoms with Gasteiger partial charge in [-0.05, 0) is 38.2 Å². The molecule has 28 heavy (non-hydrogen) atoms. The van der Waals surface area contributed by atoms with Gasteiger partial charge in [0.05, 0.1) is 24.5 Å². The van der Waals surface area contributed by atoms with Crippen molar-refractivity contribution in [2.45, 2.75) is 58.2 Å². The molecule has 0 saturated carbocycles. The molecule has 2 aromatic heterocycles. The number of aryl methyl sites for hydroxylation is 2. The lowest BCUT2D eigenvalue weighted by Crippen LogP contribution is -2.32. The van der Waals surface area contributed by atoms with Crippen LogP contribution in [0.3, 0.4) is 0 Å². The van der Waals surface area contributed by atoms with Crippen LogP contribution in [0.15, 0.2) is 12.1 Å². The molecule has 8 heteroatoms. The quantitative estimate of drug-likeness (QED) is 0.808. The molecule has 2 aliphatic heterocycles. The van der Waals surface area contributed by atoms with Crippen molar-refractivity contribution < 1.29 is 10.2 Å². The fraction of sp³-hybridized carbons (Fsp3) is 0.650. The van der Waals surface area contributed by atoms with E-state index in [1.165, 1.54) is 19.3 Å². The summed E-state index contributed by atoms with van der Waals surface area (Å²) in [4.78, 5) is 14.3. The van der Waals surface area contributed by atoms with Crippen molar-refractivity contribution in [1.29, 1.82) is 0 Å². The first-order chi connectivity index (χ1) is 13.7. The molecule has 2 aromatic rings. The molecule has 8 nitrogen and oxygen atoms in total. The summed E-state index contributed by atoms with van der Waals surface area (Å²) in [6.07, 6.45) is 4.60. The van der Waals surface area contributed by atoms with Crippen molar-refractivity contribution in [2.24, 2.45) is 0 Å². The van der Waals surface area contributed by atoms with Crippen LogP contribution in [-0.4, -0.2) is 56.2 Å². The minimum atomic E-state index is -0.927. The van der Waals surface area contributed by atoms with Gasteiger partial charge in [-0.15, -0.1) is 0 Å². The highest BCUT2D eigenvalue weighted by atomic mass is 16.3. The van der Waals surface area contributed by atoms with E-state index in [1.54, 1.807) is 0 Å². The monoisotopic (exact) mass is 386 g/mol. The van der Waals surface area contributed by atoms with Crippen molar-refractivity contribution in [3.63, 3.8) is 0 Å². The number of anilines is 2. The van der Waals surface area contributed by atoms with Gasteiger partial charge in [-0.25, -0.2) is 4.98 Å². The lowest BCUT2D eigenvalue weighted by Gasteiger charge is -2.29. The van der Waals surface area contributed by atoms with E-state index in [4.69, 9.17) is 9.97 Å². The summed E-state index contributed by atoms with van der Waals surface area (Å²) in [6, 6.07) is 4.00. The second-order valence-corrected chi connectivity index (χ2v) is 7.68. The molecule has 1 saturated heterocycles. The second-order valence-electron chi connectivity index (χ2n) is 7.68. The van der Waals surface area contributed by atoms with Crippen molar-refractivity contribution in [1.82, 2.24) is 19.7 Å². The Morgan fingerprint density at radius 2 is 1.79 bits per heavy atom. The molecule has 1 fully saturated rings. The SMILES string of the molecule is CCc1cc(N2CCCn3nc([C@H](O)CO)cc3C2)nc(N2CCCCC2)n1.